The molecule has 0 aromatic heterocycles. The molecule has 1 atom stereocenters. The van der Waals surface area contributed by atoms with Crippen LogP contribution in [0.4, 0.5) is 0 Å². The predicted octanol–water partition coefficient (Wildman–Crippen LogP) is -0.0281. The summed E-state index contributed by atoms with van der Waals surface area (Å²) in [6.07, 6.45) is 3.01. The zero-order valence-corrected chi connectivity index (χ0v) is 4.13. The molecule has 1 aliphatic rings. The van der Waals surface area contributed by atoms with E-state index >= 15 is 0 Å². The minimum absolute atomic E-state index is 0.0278. The normalized spacial score (nSPS) is 31.3. The van der Waals surface area contributed by atoms with E-state index in [9.17, 15) is 0 Å². The SMILES string of the molecule is OCC1[CH]CCO1. The maximum absolute atomic E-state index is 8.41. The van der Waals surface area contributed by atoms with Crippen LogP contribution in [-0.4, -0.2) is 24.4 Å². The van der Waals surface area contributed by atoms with E-state index in [2.05, 4.69) is 0 Å². The molecular formula is C5H9O2. The van der Waals surface area contributed by atoms with Gasteiger partial charge in [-0.25, -0.2) is 0 Å². The third-order valence-electron chi connectivity index (χ3n) is 1.06. The summed E-state index contributed by atoms with van der Waals surface area (Å²) < 4.78 is 5.00. The van der Waals surface area contributed by atoms with Crippen molar-refractivity contribution >= 4 is 0 Å². The van der Waals surface area contributed by atoms with Crippen LogP contribution in [0.3, 0.4) is 0 Å². The second-order valence-electron chi connectivity index (χ2n) is 1.62. The number of rotatable bonds is 1. The monoisotopic (exact) mass is 101 g/mol. The van der Waals surface area contributed by atoms with Crippen molar-refractivity contribution in [2.24, 2.45) is 0 Å². The fourth-order valence-electron chi connectivity index (χ4n) is 0.669. The van der Waals surface area contributed by atoms with E-state index in [1.807, 2.05) is 6.42 Å². The zero-order valence-electron chi connectivity index (χ0n) is 4.13. The Balaban J connectivity index is 2.14. The minimum Gasteiger partial charge on any atom is -0.394 e. The van der Waals surface area contributed by atoms with Gasteiger partial charge in [-0.2, -0.15) is 0 Å². The second-order valence-corrected chi connectivity index (χ2v) is 1.62. The highest BCUT2D eigenvalue weighted by Gasteiger charge is 2.12. The molecular weight excluding hydrogens is 92.1 g/mol. The minimum atomic E-state index is 0.0278. The third-order valence-corrected chi connectivity index (χ3v) is 1.06. The number of ether oxygens (including phenoxy) is 1. The van der Waals surface area contributed by atoms with Gasteiger partial charge in [-0.15, -0.1) is 0 Å². The van der Waals surface area contributed by atoms with Crippen LogP contribution in [0.25, 0.3) is 0 Å². The molecule has 0 bridgehead atoms. The molecule has 0 saturated carbocycles. The molecule has 0 amide bonds. The van der Waals surface area contributed by atoms with Crippen molar-refractivity contribution < 1.29 is 9.84 Å². The van der Waals surface area contributed by atoms with E-state index in [1.54, 1.807) is 0 Å². The van der Waals surface area contributed by atoms with Gasteiger partial charge in [0, 0.05) is 6.61 Å². The van der Waals surface area contributed by atoms with E-state index in [0.717, 1.165) is 13.0 Å². The van der Waals surface area contributed by atoms with Crippen molar-refractivity contribution in [2.75, 3.05) is 13.2 Å². The molecule has 1 fully saturated rings. The molecule has 0 aromatic rings. The van der Waals surface area contributed by atoms with E-state index in [4.69, 9.17) is 9.84 Å². The molecule has 41 valence electrons. The van der Waals surface area contributed by atoms with Gasteiger partial charge in [0.1, 0.15) is 0 Å². The Morgan fingerprint density at radius 2 is 2.71 bits per heavy atom. The molecule has 1 radical (unpaired) electrons. The molecule has 1 heterocycles. The average molecular weight is 101 g/mol. The Bertz CT molecular complexity index is 48.0. The topological polar surface area (TPSA) is 29.5 Å². The summed E-state index contributed by atoms with van der Waals surface area (Å²) in [5.74, 6) is 0. The Hall–Kier alpha value is -0.0800. The van der Waals surface area contributed by atoms with Crippen LogP contribution in [0.1, 0.15) is 6.42 Å². The van der Waals surface area contributed by atoms with Gasteiger partial charge < -0.3 is 9.84 Å². The Labute approximate surface area is 43.1 Å². The number of aliphatic hydroxyl groups excluding tert-OH is 1. The highest BCUT2D eigenvalue weighted by atomic mass is 16.5. The summed E-state index contributed by atoms with van der Waals surface area (Å²) in [6, 6.07) is 0. The molecule has 1 aliphatic heterocycles. The summed E-state index contributed by atoms with van der Waals surface area (Å²) >= 11 is 0. The van der Waals surface area contributed by atoms with Crippen molar-refractivity contribution in [1.82, 2.24) is 0 Å². The Morgan fingerprint density at radius 1 is 1.86 bits per heavy atom. The highest BCUT2D eigenvalue weighted by molar-refractivity contribution is 4.81. The first-order valence-corrected chi connectivity index (χ1v) is 2.49. The van der Waals surface area contributed by atoms with Crippen molar-refractivity contribution in [2.45, 2.75) is 12.5 Å². The predicted molar refractivity (Wildman–Crippen MR) is 25.7 cm³/mol. The lowest BCUT2D eigenvalue weighted by Crippen LogP contribution is -2.09. The maximum atomic E-state index is 8.41. The fourth-order valence-corrected chi connectivity index (χ4v) is 0.669. The van der Waals surface area contributed by atoms with Crippen molar-refractivity contribution in [3.8, 4) is 0 Å². The Morgan fingerprint density at radius 3 is 3.00 bits per heavy atom. The summed E-state index contributed by atoms with van der Waals surface area (Å²) in [5.41, 5.74) is 0. The lowest BCUT2D eigenvalue weighted by Gasteiger charge is -2.00. The molecule has 0 aromatic carbocycles. The van der Waals surface area contributed by atoms with Crippen LogP contribution < -0.4 is 0 Å². The van der Waals surface area contributed by atoms with E-state index in [1.165, 1.54) is 0 Å². The van der Waals surface area contributed by atoms with Gasteiger partial charge in [0.25, 0.3) is 0 Å². The van der Waals surface area contributed by atoms with Crippen LogP contribution in [0.5, 0.6) is 0 Å². The van der Waals surface area contributed by atoms with Gasteiger partial charge in [-0.3, -0.25) is 0 Å². The molecule has 1 N–H and O–H groups in total. The van der Waals surface area contributed by atoms with Crippen LogP contribution >= 0.6 is 0 Å². The fraction of sp³-hybridized carbons (Fsp3) is 0.800. The smallest absolute Gasteiger partial charge is 0.0838 e. The number of hydrogen-bond acceptors (Lipinski definition) is 2. The molecule has 0 aliphatic carbocycles. The molecule has 0 spiro atoms. The first-order valence-electron chi connectivity index (χ1n) is 2.49. The molecule has 1 rings (SSSR count). The van der Waals surface area contributed by atoms with Gasteiger partial charge in [-0.1, -0.05) is 0 Å². The lowest BCUT2D eigenvalue weighted by atomic mass is 10.2. The molecule has 2 nitrogen and oxygen atoms in total. The van der Waals surface area contributed by atoms with Crippen LogP contribution in [0.15, 0.2) is 0 Å². The average Bonchev–Trinajstić information content (AvgIpc) is 2.14. The second kappa shape index (κ2) is 2.28. The van der Waals surface area contributed by atoms with Crippen molar-refractivity contribution in [3.63, 3.8) is 0 Å². The quantitative estimate of drug-likeness (QED) is 0.502. The van der Waals surface area contributed by atoms with Gasteiger partial charge in [0.15, 0.2) is 0 Å². The zero-order chi connectivity index (χ0) is 5.11. The van der Waals surface area contributed by atoms with Gasteiger partial charge in [-0.05, 0) is 12.8 Å². The van der Waals surface area contributed by atoms with Gasteiger partial charge >= 0.3 is 0 Å². The van der Waals surface area contributed by atoms with Crippen LogP contribution in [0.2, 0.25) is 0 Å². The number of aliphatic hydroxyl groups is 1. The standard InChI is InChI=1S/C5H9O2/c6-4-5-2-1-3-7-5/h2,5-6H,1,3-4H2. The van der Waals surface area contributed by atoms with Crippen LogP contribution in [-0.2, 0) is 4.74 Å². The third kappa shape index (κ3) is 1.14. The summed E-state index contributed by atoms with van der Waals surface area (Å²) in [6.45, 7) is 0.922. The molecule has 7 heavy (non-hydrogen) atoms. The van der Waals surface area contributed by atoms with E-state index in [-0.39, 0.29) is 12.7 Å². The molecule has 1 unspecified atom stereocenters. The summed E-state index contributed by atoms with van der Waals surface area (Å²) in [5, 5.41) is 8.41. The maximum Gasteiger partial charge on any atom is 0.0838 e. The first kappa shape index (κ1) is 5.06. The van der Waals surface area contributed by atoms with Gasteiger partial charge in [0.05, 0.1) is 12.7 Å². The Kier molecular flexibility index (Phi) is 1.65. The van der Waals surface area contributed by atoms with Gasteiger partial charge in [0.2, 0.25) is 0 Å². The summed E-state index contributed by atoms with van der Waals surface area (Å²) in [4.78, 5) is 0. The van der Waals surface area contributed by atoms with Crippen LogP contribution in [0, 0.1) is 6.42 Å². The lowest BCUT2D eigenvalue weighted by molar-refractivity contribution is 0.0716. The highest BCUT2D eigenvalue weighted by Crippen LogP contribution is 2.08. The van der Waals surface area contributed by atoms with E-state index < -0.39 is 0 Å². The first-order chi connectivity index (χ1) is 3.43. The van der Waals surface area contributed by atoms with Crippen molar-refractivity contribution in [1.29, 1.82) is 0 Å². The van der Waals surface area contributed by atoms with Crippen molar-refractivity contribution in [3.05, 3.63) is 6.42 Å². The molecule has 1 saturated heterocycles. The number of hydrogen-bond donors (Lipinski definition) is 1. The van der Waals surface area contributed by atoms with E-state index in [0.29, 0.717) is 0 Å². The largest absolute Gasteiger partial charge is 0.394 e. The molecule has 2 heteroatoms. The summed E-state index contributed by atoms with van der Waals surface area (Å²) in [7, 11) is 0.